The van der Waals surface area contributed by atoms with Gasteiger partial charge >= 0.3 is 0 Å². The molecule has 1 aromatic carbocycles. The Morgan fingerprint density at radius 3 is 2.83 bits per heavy atom. The lowest BCUT2D eigenvalue weighted by molar-refractivity contribution is -0.107. The molecule has 0 aromatic heterocycles. The van der Waals surface area contributed by atoms with E-state index in [1.54, 1.807) is 12.1 Å². The highest BCUT2D eigenvalue weighted by atomic mass is 79.9. The molecule has 1 N–H and O–H groups in total. The minimum Gasteiger partial charge on any atom is -0.506 e. The van der Waals surface area contributed by atoms with Crippen LogP contribution in [-0.2, 0) is 11.2 Å². The number of rotatable bonds is 2. The van der Waals surface area contributed by atoms with Crippen molar-refractivity contribution in [3.8, 4) is 5.75 Å². The van der Waals surface area contributed by atoms with Crippen LogP contribution in [0.2, 0.25) is 5.02 Å². The first-order valence-electron chi connectivity index (χ1n) is 3.25. The van der Waals surface area contributed by atoms with E-state index in [-0.39, 0.29) is 17.2 Å². The predicted octanol–water partition coefficient (Wildman–Crippen LogP) is 2.55. The summed E-state index contributed by atoms with van der Waals surface area (Å²) < 4.78 is 0.752. The first kappa shape index (κ1) is 9.55. The van der Waals surface area contributed by atoms with Crippen LogP contribution in [0, 0.1) is 0 Å². The fourth-order valence-electron chi connectivity index (χ4n) is 0.865. The Balaban J connectivity index is 3.17. The summed E-state index contributed by atoms with van der Waals surface area (Å²) in [7, 11) is 0. The van der Waals surface area contributed by atoms with Crippen LogP contribution < -0.4 is 0 Å². The van der Waals surface area contributed by atoms with Crippen molar-refractivity contribution in [2.24, 2.45) is 0 Å². The van der Waals surface area contributed by atoms with Crippen molar-refractivity contribution in [2.75, 3.05) is 0 Å². The summed E-state index contributed by atoms with van der Waals surface area (Å²) in [5.74, 6) is -0.0213. The van der Waals surface area contributed by atoms with Crippen LogP contribution in [0.5, 0.6) is 5.75 Å². The van der Waals surface area contributed by atoms with E-state index in [1.165, 1.54) is 0 Å². The maximum Gasteiger partial charge on any atom is 0.137 e. The van der Waals surface area contributed by atoms with E-state index in [0.29, 0.717) is 5.56 Å². The highest BCUT2D eigenvalue weighted by Gasteiger charge is 2.06. The van der Waals surface area contributed by atoms with E-state index in [4.69, 9.17) is 11.6 Å². The Labute approximate surface area is 83.3 Å². The third-order valence-electron chi connectivity index (χ3n) is 1.41. The number of hydrogen-bond acceptors (Lipinski definition) is 2. The Morgan fingerprint density at radius 2 is 2.25 bits per heavy atom. The normalized spacial score (nSPS) is 9.83. The van der Waals surface area contributed by atoms with Crippen LogP contribution in [0.15, 0.2) is 16.6 Å². The molecule has 0 radical (unpaired) electrons. The zero-order valence-corrected chi connectivity index (χ0v) is 8.39. The molecular weight excluding hydrogens is 243 g/mol. The van der Waals surface area contributed by atoms with Crippen LogP contribution in [-0.4, -0.2) is 11.4 Å². The van der Waals surface area contributed by atoms with Gasteiger partial charge in [0, 0.05) is 16.5 Å². The van der Waals surface area contributed by atoms with Gasteiger partial charge in [-0.2, -0.15) is 0 Å². The van der Waals surface area contributed by atoms with Crippen LogP contribution in [0.25, 0.3) is 0 Å². The van der Waals surface area contributed by atoms with Crippen LogP contribution in [0.4, 0.5) is 0 Å². The van der Waals surface area contributed by atoms with Crippen molar-refractivity contribution in [1.82, 2.24) is 0 Å². The molecule has 0 aliphatic carbocycles. The number of aldehydes is 1. The number of aromatic hydroxyl groups is 1. The lowest BCUT2D eigenvalue weighted by Gasteiger charge is -2.03. The summed E-state index contributed by atoms with van der Waals surface area (Å²) in [5, 5.41) is 9.59. The van der Waals surface area contributed by atoms with Crippen molar-refractivity contribution in [3.63, 3.8) is 0 Å². The van der Waals surface area contributed by atoms with Crippen molar-refractivity contribution in [1.29, 1.82) is 0 Å². The fourth-order valence-corrected chi connectivity index (χ4v) is 1.74. The van der Waals surface area contributed by atoms with Gasteiger partial charge in [-0.1, -0.05) is 27.5 Å². The van der Waals surface area contributed by atoms with E-state index >= 15 is 0 Å². The first-order chi connectivity index (χ1) is 5.65. The van der Waals surface area contributed by atoms with E-state index in [1.807, 2.05) is 0 Å². The molecule has 0 aliphatic rings. The van der Waals surface area contributed by atoms with Crippen molar-refractivity contribution in [3.05, 3.63) is 27.2 Å². The lowest BCUT2D eigenvalue weighted by Crippen LogP contribution is -1.87. The van der Waals surface area contributed by atoms with Crippen molar-refractivity contribution in [2.45, 2.75) is 6.42 Å². The summed E-state index contributed by atoms with van der Waals surface area (Å²) in [4.78, 5) is 10.2. The molecule has 1 rings (SSSR count). The largest absolute Gasteiger partial charge is 0.506 e. The molecule has 0 aliphatic heterocycles. The van der Waals surface area contributed by atoms with Gasteiger partial charge in [0.2, 0.25) is 0 Å². The molecule has 0 bridgehead atoms. The SMILES string of the molecule is O=CCc1cc(Br)cc(Cl)c1O. The van der Waals surface area contributed by atoms with Gasteiger partial charge < -0.3 is 9.90 Å². The molecule has 0 saturated carbocycles. The minimum atomic E-state index is -0.0213. The summed E-state index contributed by atoms with van der Waals surface area (Å²) >= 11 is 8.86. The van der Waals surface area contributed by atoms with Gasteiger partial charge in [-0.05, 0) is 12.1 Å². The molecular formula is C8H6BrClO2. The zero-order chi connectivity index (χ0) is 9.14. The van der Waals surface area contributed by atoms with Gasteiger partial charge in [0.15, 0.2) is 0 Å². The van der Waals surface area contributed by atoms with Crippen LogP contribution in [0.3, 0.4) is 0 Å². The Bertz CT molecular complexity index is 312. The molecule has 2 nitrogen and oxygen atoms in total. The number of halogens is 2. The third-order valence-corrected chi connectivity index (χ3v) is 2.16. The van der Waals surface area contributed by atoms with Gasteiger partial charge in [0.1, 0.15) is 12.0 Å². The molecule has 0 saturated heterocycles. The molecule has 4 heteroatoms. The maximum absolute atomic E-state index is 10.2. The highest BCUT2D eigenvalue weighted by Crippen LogP contribution is 2.31. The molecule has 0 atom stereocenters. The fraction of sp³-hybridized carbons (Fsp3) is 0.125. The Morgan fingerprint density at radius 1 is 1.58 bits per heavy atom. The number of phenolic OH excluding ortho intramolecular Hbond substituents is 1. The monoisotopic (exact) mass is 248 g/mol. The summed E-state index contributed by atoms with van der Waals surface area (Å²) in [6, 6.07) is 3.24. The van der Waals surface area contributed by atoms with Crippen molar-refractivity contribution < 1.29 is 9.90 Å². The second-order valence-electron chi connectivity index (χ2n) is 2.27. The maximum atomic E-state index is 10.2. The Hall–Kier alpha value is -0.540. The van der Waals surface area contributed by atoms with Crippen LogP contribution >= 0.6 is 27.5 Å². The summed E-state index contributed by atoms with van der Waals surface area (Å²) in [6.07, 6.45) is 0.892. The molecule has 0 unspecified atom stereocenters. The molecule has 0 spiro atoms. The number of carbonyl (C=O) groups is 1. The van der Waals surface area contributed by atoms with E-state index in [9.17, 15) is 9.90 Å². The number of carbonyl (C=O) groups excluding carboxylic acids is 1. The standard InChI is InChI=1S/C8H6BrClO2/c9-6-3-5(1-2-11)8(12)7(10)4-6/h2-4,12H,1H2. The smallest absolute Gasteiger partial charge is 0.137 e. The topological polar surface area (TPSA) is 37.3 Å². The molecule has 64 valence electrons. The van der Waals surface area contributed by atoms with Gasteiger partial charge in [0.25, 0.3) is 0 Å². The van der Waals surface area contributed by atoms with Crippen LogP contribution in [0.1, 0.15) is 5.56 Å². The molecule has 0 heterocycles. The molecule has 0 amide bonds. The quantitative estimate of drug-likeness (QED) is 0.818. The zero-order valence-electron chi connectivity index (χ0n) is 6.05. The highest BCUT2D eigenvalue weighted by molar-refractivity contribution is 9.10. The summed E-state index contributed by atoms with van der Waals surface area (Å²) in [6.45, 7) is 0. The lowest BCUT2D eigenvalue weighted by atomic mass is 10.1. The predicted molar refractivity (Wildman–Crippen MR) is 50.6 cm³/mol. The van der Waals surface area contributed by atoms with Crippen molar-refractivity contribution >= 4 is 33.8 Å². The van der Waals surface area contributed by atoms with Gasteiger partial charge in [-0.3, -0.25) is 0 Å². The summed E-state index contributed by atoms with van der Waals surface area (Å²) in [5.41, 5.74) is 0.532. The average Bonchev–Trinajstić information content (AvgIpc) is 2.00. The molecule has 0 fully saturated rings. The molecule has 12 heavy (non-hydrogen) atoms. The van der Waals surface area contributed by atoms with Gasteiger partial charge in [-0.25, -0.2) is 0 Å². The van der Waals surface area contributed by atoms with E-state index in [2.05, 4.69) is 15.9 Å². The Kier molecular flexibility index (Phi) is 3.12. The first-order valence-corrected chi connectivity index (χ1v) is 4.42. The number of hydrogen-bond donors (Lipinski definition) is 1. The van der Waals surface area contributed by atoms with Gasteiger partial charge in [0.05, 0.1) is 5.02 Å². The molecule has 1 aromatic rings. The second kappa shape index (κ2) is 3.92. The average molecular weight is 249 g/mol. The minimum absolute atomic E-state index is 0.0213. The second-order valence-corrected chi connectivity index (χ2v) is 3.59. The number of phenols is 1. The third kappa shape index (κ3) is 1.99. The van der Waals surface area contributed by atoms with E-state index in [0.717, 1.165) is 10.8 Å². The number of benzene rings is 1. The van der Waals surface area contributed by atoms with Gasteiger partial charge in [-0.15, -0.1) is 0 Å². The van der Waals surface area contributed by atoms with E-state index < -0.39 is 0 Å².